The molecule has 0 aliphatic heterocycles. The van der Waals surface area contributed by atoms with Gasteiger partial charge >= 0.3 is 0 Å². The Kier molecular flexibility index (Phi) is 5.29. The minimum atomic E-state index is -0.168. The van der Waals surface area contributed by atoms with Gasteiger partial charge in [-0.3, -0.25) is 4.79 Å². The van der Waals surface area contributed by atoms with Crippen LogP contribution in [-0.2, 0) is 6.61 Å². The Bertz CT molecular complexity index is 1190. The van der Waals surface area contributed by atoms with Gasteiger partial charge in [-0.1, -0.05) is 42.5 Å². The number of fused-ring (bicyclic) bond motifs is 1. The molecule has 0 spiro atoms. The summed E-state index contributed by atoms with van der Waals surface area (Å²) in [5.74, 6) is 1.75. The van der Waals surface area contributed by atoms with Gasteiger partial charge in [-0.15, -0.1) is 0 Å². The molecule has 5 nitrogen and oxygen atoms in total. The average molecular weight is 484 g/mol. The zero-order valence-corrected chi connectivity index (χ0v) is 17.3. The number of methoxy groups -OCH3 is 1. The molecule has 0 radical (unpaired) electrons. The van der Waals surface area contributed by atoms with E-state index in [9.17, 15) is 4.79 Å². The Hall–Kier alpha value is -2.87. The van der Waals surface area contributed by atoms with Crippen LogP contribution in [-0.4, -0.2) is 17.1 Å². The minimum absolute atomic E-state index is 0.168. The maximum absolute atomic E-state index is 12.4. The number of halogens is 1. The molecule has 0 bridgehead atoms. The standard InChI is InChI=1S/C22H17IN2O3/c1-27-19-12-15(21-24-18-10-6-5-9-16(18)22(26)25-21)11-17(23)20(19)28-13-14-7-3-2-4-8-14/h2-12H,13H2,1H3,(H,24,25,26). The highest BCUT2D eigenvalue weighted by molar-refractivity contribution is 14.1. The van der Waals surface area contributed by atoms with Crippen molar-refractivity contribution in [1.82, 2.24) is 9.97 Å². The van der Waals surface area contributed by atoms with E-state index in [2.05, 4.69) is 32.6 Å². The molecule has 0 aliphatic rings. The number of hydrogen-bond donors (Lipinski definition) is 1. The van der Waals surface area contributed by atoms with Gasteiger partial charge in [0.15, 0.2) is 11.5 Å². The molecule has 6 heteroatoms. The average Bonchev–Trinajstić information content (AvgIpc) is 2.73. The van der Waals surface area contributed by atoms with Crippen LogP contribution in [0.25, 0.3) is 22.3 Å². The molecule has 0 amide bonds. The first-order valence-electron chi connectivity index (χ1n) is 8.69. The first-order valence-corrected chi connectivity index (χ1v) is 9.77. The molecule has 0 atom stereocenters. The van der Waals surface area contributed by atoms with E-state index in [0.717, 1.165) is 14.7 Å². The first kappa shape index (κ1) is 18.5. The Balaban J connectivity index is 1.72. The van der Waals surface area contributed by atoms with Crippen molar-refractivity contribution in [3.8, 4) is 22.9 Å². The molecule has 1 N–H and O–H groups in total. The number of rotatable bonds is 5. The Labute approximate surface area is 175 Å². The number of hydrogen-bond acceptors (Lipinski definition) is 4. The normalized spacial score (nSPS) is 10.8. The van der Waals surface area contributed by atoms with Gasteiger partial charge in [-0.2, -0.15) is 0 Å². The van der Waals surface area contributed by atoms with Crippen LogP contribution in [0.1, 0.15) is 5.56 Å². The largest absolute Gasteiger partial charge is 0.493 e. The third-order valence-electron chi connectivity index (χ3n) is 4.34. The zero-order chi connectivity index (χ0) is 19.5. The van der Waals surface area contributed by atoms with Crippen molar-refractivity contribution in [2.24, 2.45) is 0 Å². The number of ether oxygens (including phenoxy) is 2. The van der Waals surface area contributed by atoms with E-state index in [1.807, 2.05) is 60.7 Å². The van der Waals surface area contributed by atoms with Crippen LogP contribution in [0.2, 0.25) is 0 Å². The highest BCUT2D eigenvalue weighted by atomic mass is 127. The quantitative estimate of drug-likeness (QED) is 0.414. The predicted octanol–water partition coefficient (Wildman–Crippen LogP) is 4.78. The number of para-hydroxylation sites is 1. The molecule has 140 valence electrons. The van der Waals surface area contributed by atoms with E-state index in [1.54, 1.807) is 13.2 Å². The third kappa shape index (κ3) is 3.73. The topological polar surface area (TPSA) is 64.2 Å². The molecule has 0 unspecified atom stereocenters. The van der Waals surface area contributed by atoms with Crippen LogP contribution < -0.4 is 15.0 Å². The van der Waals surface area contributed by atoms with Gasteiger partial charge in [0.2, 0.25) is 0 Å². The summed E-state index contributed by atoms with van der Waals surface area (Å²) in [5.41, 5.74) is 2.32. The Morgan fingerprint density at radius 2 is 1.79 bits per heavy atom. The van der Waals surface area contributed by atoms with Gasteiger partial charge in [-0.25, -0.2) is 4.98 Å². The summed E-state index contributed by atoms with van der Waals surface area (Å²) in [6.45, 7) is 0.442. The van der Waals surface area contributed by atoms with Crippen molar-refractivity contribution < 1.29 is 9.47 Å². The van der Waals surface area contributed by atoms with Crippen LogP contribution in [0.3, 0.4) is 0 Å². The second-order valence-electron chi connectivity index (χ2n) is 6.20. The smallest absolute Gasteiger partial charge is 0.259 e. The fourth-order valence-corrected chi connectivity index (χ4v) is 3.71. The number of aromatic nitrogens is 2. The van der Waals surface area contributed by atoms with Crippen LogP contribution in [0.4, 0.5) is 0 Å². The lowest BCUT2D eigenvalue weighted by molar-refractivity contribution is 0.282. The Morgan fingerprint density at radius 3 is 2.57 bits per heavy atom. The molecule has 1 aromatic heterocycles. The van der Waals surface area contributed by atoms with E-state index in [0.29, 0.717) is 34.8 Å². The summed E-state index contributed by atoms with van der Waals surface area (Å²) in [4.78, 5) is 19.8. The number of H-pyrrole nitrogens is 1. The van der Waals surface area contributed by atoms with Crippen molar-refractivity contribution in [2.45, 2.75) is 6.61 Å². The fraction of sp³-hybridized carbons (Fsp3) is 0.0909. The molecule has 1 heterocycles. The lowest BCUT2D eigenvalue weighted by atomic mass is 10.1. The maximum Gasteiger partial charge on any atom is 0.259 e. The first-order chi connectivity index (χ1) is 13.7. The molecule has 0 fully saturated rings. The van der Waals surface area contributed by atoms with Crippen LogP contribution >= 0.6 is 22.6 Å². The lowest BCUT2D eigenvalue weighted by Gasteiger charge is -2.14. The van der Waals surface area contributed by atoms with Gasteiger partial charge in [0, 0.05) is 5.56 Å². The van der Waals surface area contributed by atoms with Crippen LogP contribution in [0.5, 0.6) is 11.5 Å². The molecular weight excluding hydrogens is 467 g/mol. The highest BCUT2D eigenvalue weighted by Gasteiger charge is 2.15. The number of nitrogens with zero attached hydrogens (tertiary/aromatic N) is 1. The zero-order valence-electron chi connectivity index (χ0n) is 15.1. The van der Waals surface area contributed by atoms with Gasteiger partial charge < -0.3 is 14.5 Å². The summed E-state index contributed by atoms with van der Waals surface area (Å²) < 4.78 is 12.4. The van der Waals surface area contributed by atoms with Crippen molar-refractivity contribution in [3.63, 3.8) is 0 Å². The molecule has 0 saturated heterocycles. The molecule has 4 rings (SSSR count). The van der Waals surface area contributed by atoms with Crippen LogP contribution in [0.15, 0.2) is 71.5 Å². The van der Waals surface area contributed by atoms with E-state index in [1.165, 1.54) is 0 Å². The van der Waals surface area contributed by atoms with Gasteiger partial charge in [0.1, 0.15) is 12.4 Å². The van der Waals surface area contributed by atoms with Crippen molar-refractivity contribution >= 4 is 33.5 Å². The fourth-order valence-electron chi connectivity index (χ4n) is 2.95. The maximum atomic E-state index is 12.4. The van der Waals surface area contributed by atoms with Crippen molar-refractivity contribution in [1.29, 1.82) is 0 Å². The summed E-state index contributed by atoms with van der Waals surface area (Å²) in [7, 11) is 1.60. The summed E-state index contributed by atoms with van der Waals surface area (Å²) in [6.07, 6.45) is 0. The summed E-state index contributed by atoms with van der Waals surface area (Å²) >= 11 is 2.21. The molecular formula is C22H17IN2O3. The number of nitrogens with one attached hydrogen (secondary N) is 1. The molecule has 28 heavy (non-hydrogen) atoms. The predicted molar refractivity (Wildman–Crippen MR) is 118 cm³/mol. The third-order valence-corrected chi connectivity index (χ3v) is 5.14. The van der Waals surface area contributed by atoms with Gasteiger partial charge in [0.25, 0.3) is 5.56 Å². The van der Waals surface area contributed by atoms with E-state index >= 15 is 0 Å². The highest BCUT2D eigenvalue weighted by Crippen LogP contribution is 2.37. The SMILES string of the molecule is COc1cc(-c2nc3ccccc3c(=O)[nH]2)cc(I)c1OCc1ccccc1. The monoisotopic (exact) mass is 484 g/mol. The molecule has 0 aliphatic carbocycles. The van der Waals surface area contributed by atoms with E-state index in [4.69, 9.17) is 9.47 Å². The van der Waals surface area contributed by atoms with Gasteiger partial charge in [-0.05, 0) is 52.4 Å². The second kappa shape index (κ2) is 8.02. The van der Waals surface area contributed by atoms with Gasteiger partial charge in [0.05, 0.1) is 21.6 Å². The molecule has 0 saturated carbocycles. The number of aromatic amines is 1. The van der Waals surface area contributed by atoms with Crippen molar-refractivity contribution in [3.05, 3.63) is 86.2 Å². The van der Waals surface area contributed by atoms with Crippen molar-refractivity contribution in [2.75, 3.05) is 7.11 Å². The summed E-state index contributed by atoms with van der Waals surface area (Å²) in [5, 5.41) is 0.565. The number of benzene rings is 3. The minimum Gasteiger partial charge on any atom is -0.493 e. The molecule has 4 aromatic rings. The van der Waals surface area contributed by atoms with Crippen LogP contribution in [0, 0.1) is 3.57 Å². The molecule has 3 aromatic carbocycles. The Morgan fingerprint density at radius 1 is 1.04 bits per heavy atom. The summed E-state index contributed by atoms with van der Waals surface area (Å²) in [6, 6.07) is 21.0. The lowest BCUT2D eigenvalue weighted by Crippen LogP contribution is -2.09. The van der Waals surface area contributed by atoms with E-state index < -0.39 is 0 Å². The van der Waals surface area contributed by atoms with E-state index in [-0.39, 0.29) is 5.56 Å². The second-order valence-corrected chi connectivity index (χ2v) is 7.36.